The predicted octanol–water partition coefficient (Wildman–Crippen LogP) is 4.00. The SMILES string of the molecule is CCCCOC(C)=O.Cc1ccccc1Cl. The van der Waals surface area contributed by atoms with Crippen LogP contribution in [-0.4, -0.2) is 12.6 Å². The molecule has 1 rings (SSSR count). The molecule has 2 nitrogen and oxygen atoms in total. The van der Waals surface area contributed by atoms with Gasteiger partial charge in [-0.15, -0.1) is 0 Å². The molecule has 16 heavy (non-hydrogen) atoms. The molecule has 0 N–H and O–H groups in total. The third-order valence-electron chi connectivity index (χ3n) is 1.88. The van der Waals surface area contributed by atoms with Gasteiger partial charge in [0.2, 0.25) is 0 Å². The quantitative estimate of drug-likeness (QED) is 0.592. The lowest BCUT2D eigenvalue weighted by Gasteiger charge is -1.96. The van der Waals surface area contributed by atoms with Crippen LogP contribution in [0.1, 0.15) is 32.3 Å². The lowest BCUT2D eigenvalue weighted by atomic mass is 10.2. The lowest BCUT2D eigenvalue weighted by Crippen LogP contribution is -1.99. The first-order valence-corrected chi connectivity index (χ1v) is 5.80. The summed E-state index contributed by atoms with van der Waals surface area (Å²) >= 11 is 5.71. The Morgan fingerprint density at radius 2 is 2.00 bits per heavy atom. The normalized spacial score (nSPS) is 9.00. The number of ether oxygens (including phenoxy) is 1. The summed E-state index contributed by atoms with van der Waals surface area (Å²) in [5.74, 6) is -0.182. The van der Waals surface area contributed by atoms with E-state index in [9.17, 15) is 4.79 Å². The highest BCUT2D eigenvalue weighted by Crippen LogP contribution is 2.11. The van der Waals surface area contributed by atoms with Crippen molar-refractivity contribution >= 4 is 17.6 Å². The average Bonchev–Trinajstić information content (AvgIpc) is 2.23. The summed E-state index contributed by atoms with van der Waals surface area (Å²) in [5.41, 5.74) is 1.13. The number of rotatable bonds is 3. The maximum atomic E-state index is 10.1. The molecule has 0 spiro atoms. The van der Waals surface area contributed by atoms with Crippen molar-refractivity contribution < 1.29 is 9.53 Å². The van der Waals surface area contributed by atoms with Gasteiger partial charge in [-0.2, -0.15) is 0 Å². The Labute approximate surface area is 103 Å². The van der Waals surface area contributed by atoms with Gasteiger partial charge < -0.3 is 4.74 Å². The molecule has 0 fully saturated rings. The van der Waals surface area contributed by atoms with Crippen molar-refractivity contribution in [2.75, 3.05) is 6.61 Å². The number of carbonyl (C=O) groups is 1. The second kappa shape index (κ2) is 9.22. The van der Waals surface area contributed by atoms with E-state index in [0.717, 1.165) is 23.4 Å². The third-order valence-corrected chi connectivity index (χ3v) is 2.30. The standard InChI is InChI=1S/C7H7Cl.C6H12O2/c1-6-4-2-3-5-7(6)8;1-3-4-5-8-6(2)7/h2-5H,1H3;3-5H2,1-2H3. The second-order valence-electron chi connectivity index (χ2n) is 3.44. The fourth-order valence-electron chi connectivity index (χ4n) is 0.911. The number of aryl methyl sites for hydroxylation is 1. The summed E-state index contributed by atoms with van der Waals surface area (Å²) in [5, 5.41) is 0.840. The molecule has 0 bridgehead atoms. The van der Waals surface area contributed by atoms with Gasteiger partial charge in [0.25, 0.3) is 0 Å². The number of benzene rings is 1. The molecule has 0 unspecified atom stereocenters. The van der Waals surface area contributed by atoms with Crippen LogP contribution in [0.2, 0.25) is 5.02 Å². The van der Waals surface area contributed by atoms with Crippen molar-refractivity contribution in [3.05, 3.63) is 34.9 Å². The highest BCUT2D eigenvalue weighted by molar-refractivity contribution is 6.31. The summed E-state index contributed by atoms with van der Waals surface area (Å²) in [6.45, 7) is 6.05. The molecule has 1 aromatic carbocycles. The van der Waals surface area contributed by atoms with Gasteiger partial charge in [0.05, 0.1) is 6.61 Å². The van der Waals surface area contributed by atoms with Gasteiger partial charge in [0, 0.05) is 11.9 Å². The molecule has 0 aromatic heterocycles. The summed E-state index contributed by atoms with van der Waals surface area (Å²) in [6.07, 6.45) is 2.05. The van der Waals surface area contributed by atoms with Crippen molar-refractivity contribution in [1.29, 1.82) is 0 Å². The largest absolute Gasteiger partial charge is 0.466 e. The van der Waals surface area contributed by atoms with Crippen LogP contribution < -0.4 is 0 Å². The first-order chi connectivity index (χ1) is 7.57. The van der Waals surface area contributed by atoms with Crippen LogP contribution >= 0.6 is 11.6 Å². The molecule has 1 aromatic rings. The Morgan fingerprint density at radius 1 is 1.38 bits per heavy atom. The highest BCUT2D eigenvalue weighted by atomic mass is 35.5. The van der Waals surface area contributed by atoms with Crippen LogP contribution in [-0.2, 0) is 9.53 Å². The van der Waals surface area contributed by atoms with Gasteiger partial charge in [-0.05, 0) is 25.0 Å². The van der Waals surface area contributed by atoms with E-state index in [1.165, 1.54) is 6.92 Å². The van der Waals surface area contributed by atoms with E-state index in [0.29, 0.717) is 6.61 Å². The summed E-state index contributed by atoms with van der Waals surface area (Å²) < 4.78 is 4.64. The van der Waals surface area contributed by atoms with E-state index >= 15 is 0 Å². The van der Waals surface area contributed by atoms with Crippen LogP contribution in [0.25, 0.3) is 0 Å². The fraction of sp³-hybridized carbons (Fsp3) is 0.462. The molecule has 0 aliphatic rings. The third kappa shape index (κ3) is 8.30. The van der Waals surface area contributed by atoms with Crippen LogP contribution in [0.4, 0.5) is 0 Å². The maximum Gasteiger partial charge on any atom is 0.302 e. The molecule has 0 amide bonds. The number of halogens is 1. The van der Waals surface area contributed by atoms with Crippen LogP contribution in [0, 0.1) is 6.92 Å². The maximum absolute atomic E-state index is 10.1. The molecule has 0 radical (unpaired) electrons. The summed E-state index contributed by atoms with van der Waals surface area (Å²) in [4.78, 5) is 10.1. The average molecular weight is 243 g/mol. The number of hydrogen-bond donors (Lipinski definition) is 0. The second-order valence-corrected chi connectivity index (χ2v) is 3.85. The Bertz CT molecular complexity index is 290. The summed E-state index contributed by atoms with van der Waals surface area (Å²) in [7, 11) is 0. The lowest BCUT2D eigenvalue weighted by molar-refractivity contribution is -0.141. The van der Waals surface area contributed by atoms with Gasteiger partial charge in [0.15, 0.2) is 0 Å². The van der Waals surface area contributed by atoms with E-state index < -0.39 is 0 Å². The smallest absolute Gasteiger partial charge is 0.302 e. The molecule has 90 valence electrons. The van der Waals surface area contributed by atoms with Gasteiger partial charge in [-0.3, -0.25) is 4.79 Å². The fourth-order valence-corrected chi connectivity index (χ4v) is 1.05. The van der Waals surface area contributed by atoms with Crippen LogP contribution in [0.3, 0.4) is 0 Å². The minimum Gasteiger partial charge on any atom is -0.466 e. The minimum atomic E-state index is -0.182. The van der Waals surface area contributed by atoms with E-state index in [-0.39, 0.29) is 5.97 Å². The molecular weight excluding hydrogens is 224 g/mol. The zero-order valence-corrected chi connectivity index (χ0v) is 10.9. The van der Waals surface area contributed by atoms with Gasteiger partial charge in [0.1, 0.15) is 0 Å². The summed E-state index contributed by atoms with van der Waals surface area (Å²) in [6, 6.07) is 7.77. The van der Waals surface area contributed by atoms with E-state index in [1.54, 1.807) is 0 Å². The van der Waals surface area contributed by atoms with Crippen LogP contribution in [0.5, 0.6) is 0 Å². The van der Waals surface area contributed by atoms with Gasteiger partial charge >= 0.3 is 5.97 Å². The van der Waals surface area contributed by atoms with Gasteiger partial charge in [-0.25, -0.2) is 0 Å². The van der Waals surface area contributed by atoms with Crippen molar-refractivity contribution in [2.24, 2.45) is 0 Å². The molecule has 3 heteroatoms. The zero-order valence-electron chi connectivity index (χ0n) is 10.1. The van der Waals surface area contributed by atoms with E-state index in [1.807, 2.05) is 31.2 Å². The Balaban J connectivity index is 0.000000281. The number of unbranched alkanes of at least 4 members (excludes halogenated alkanes) is 1. The Hall–Kier alpha value is -1.02. The number of esters is 1. The molecule has 0 aliphatic heterocycles. The van der Waals surface area contributed by atoms with Crippen molar-refractivity contribution in [2.45, 2.75) is 33.6 Å². The monoisotopic (exact) mass is 242 g/mol. The molecule has 0 atom stereocenters. The number of carbonyl (C=O) groups excluding carboxylic acids is 1. The highest BCUT2D eigenvalue weighted by Gasteiger charge is 1.88. The zero-order chi connectivity index (χ0) is 12.4. The first-order valence-electron chi connectivity index (χ1n) is 5.42. The first kappa shape index (κ1) is 15.0. The predicted molar refractivity (Wildman–Crippen MR) is 67.7 cm³/mol. The molecule has 0 saturated heterocycles. The molecular formula is C13H19ClO2. The van der Waals surface area contributed by atoms with Gasteiger partial charge in [-0.1, -0.05) is 43.1 Å². The molecule has 0 saturated carbocycles. The number of hydrogen-bond acceptors (Lipinski definition) is 2. The molecule has 0 heterocycles. The van der Waals surface area contributed by atoms with Crippen molar-refractivity contribution in [1.82, 2.24) is 0 Å². The van der Waals surface area contributed by atoms with Crippen molar-refractivity contribution in [3.63, 3.8) is 0 Å². The van der Waals surface area contributed by atoms with E-state index in [2.05, 4.69) is 11.7 Å². The van der Waals surface area contributed by atoms with Crippen molar-refractivity contribution in [3.8, 4) is 0 Å². The Kier molecular flexibility index (Phi) is 8.64. The molecule has 0 aliphatic carbocycles. The topological polar surface area (TPSA) is 26.3 Å². The Morgan fingerprint density at radius 3 is 2.38 bits per heavy atom. The minimum absolute atomic E-state index is 0.182. The van der Waals surface area contributed by atoms with E-state index in [4.69, 9.17) is 11.6 Å². The van der Waals surface area contributed by atoms with Crippen LogP contribution in [0.15, 0.2) is 24.3 Å².